The second kappa shape index (κ2) is 19.9. The molecule has 1 fully saturated rings. The summed E-state index contributed by atoms with van der Waals surface area (Å²) in [6.07, 6.45) is -3.04. The average molecular weight is 705 g/mol. The maximum Gasteiger partial charge on any atom is 0.490 e. The molecule has 3 atom stereocenters. The van der Waals surface area contributed by atoms with Gasteiger partial charge in [0.15, 0.2) is 0 Å². The summed E-state index contributed by atoms with van der Waals surface area (Å²) in [6.45, 7) is 0.740. The van der Waals surface area contributed by atoms with E-state index in [0.29, 0.717) is 25.8 Å². The van der Waals surface area contributed by atoms with E-state index in [1.54, 1.807) is 0 Å². The molecule has 0 spiro atoms. The SMILES string of the molecule is NCCCCC(NC(=O)C(CC#Cc1ccccc1)NC(=O)C(N)Cc1ccccc1)C(=O)N1CCC(N)(C(=O)O)CC1.O=C(O)C(F)(F)F. The van der Waals surface area contributed by atoms with E-state index in [0.717, 1.165) is 11.1 Å². The molecule has 2 aromatic rings. The van der Waals surface area contributed by atoms with Gasteiger partial charge in [0.25, 0.3) is 0 Å². The molecule has 272 valence electrons. The van der Waals surface area contributed by atoms with Gasteiger partial charge in [-0.05, 0) is 62.8 Å². The molecule has 1 heterocycles. The van der Waals surface area contributed by atoms with Gasteiger partial charge in [-0.1, -0.05) is 60.4 Å². The highest BCUT2D eigenvalue weighted by atomic mass is 19.4. The Morgan fingerprint density at radius 3 is 1.94 bits per heavy atom. The van der Waals surface area contributed by atoms with Gasteiger partial charge in [-0.3, -0.25) is 19.2 Å². The molecule has 50 heavy (non-hydrogen) atoms. The minimum absolute atomic E-state index is 0.00768. The summed E-state index contributed by atoms with van der Waals surface area (Å²) in [4.78, 5) is 62.2. The topological polar surface area (TPSA) is 231 Å². The Morgan fingerprint density at radius 1 is 0.880 bits per heavy atom. The number of nitrogens with zero attached hydrogens (tertiary/aromatic N) is 1. The maximum atomic E-state index is 13.6. The molecule has 0 aromatic heterocycles. The van der Waals surface area contributed by atoms with Crippen molar-refractivity contribution in [1.29, 1.82) is 0 Å². The van der Waals surface area contributed by atoms with Crippen LogP contribution in [0.1, 0.15) is 49.7 Å². The summed E-state index contributed by atoms with van der Waals surface area (Å²) in [7, 11) is 0. The number of hydrogen-bond acceptors (Lipinski definition) is 8. The molecule has 13 nitrogen and oxygen atoms in total. The fraction of sp³-hybridized carbons (Fsp3) is 0.441. The van der Waals surface area contributed by atoms with Gasteiger partial charge in [0.2, 0.25) is 17.7 Å². The molecule has 10 N–H and O–H groups in total. The van der Waals surface area contributed by atoms with E-state index >= 15 is 0 Å². The normalized spacial score (nSPS) is 15.4. The van der Waals surface area contributed by atoms with Crippen molar-refractivity contribution in [3.63, 3.8) is 0 Å². The van der Waals surface area contributed by atoms with Crippen LogP contribution in [0.25, 0.3) is 0 Å². The first-order valence-electron chi connectivity index (χ1n) is 15.8. The lowest BCUT2D eigenvalue weighted by Crippen LogP contribution is -2.60. The van der Waals surface area contributed by atoms with Crippen molar-refractivity contribution in [1.82, 2.24) is 15.5 Å². The van der Waals surface area contributed by atoms with E-state index in [9.17, 15) is 37.5 Å². The lowest BCUT2D eigenvalue weighted by atomic mass is 9.88. The number of nitrogens with one attached hydrogen (secondary N) is 2. The second-order valence-electron chi connectivity index (χ2n) is 11.7. The summed E-state index contributed by atoms with van der Waals surface area (Å²) < 4.78 is 31.7. The predicted molar refractivity (Wildman–Crippen MR) is 177 cm³/mol. The first kappa shape index (κ1) is 41.2. The number of piperidine rings is 1. The van der Waals surface area contributed by atoms with E-state index in [4.69, 9.17) is 27.1 Å². The van der Waals surface area contributed by atoms with Gasteiger partial charge < -0.3 is 42.9 Å². The molecule has 3 rings (SSSR count). The zero-order chi connectivity index (χ0) is 37.3. The first-order valence-corrected chi connectivity index (χ1v) is 15.8. The first-order chi connectivity index (χ1) is 23.6. The van der Waals surface area contributed by atoms with Gasteiger partial charge >= 0.3 is 18.1 Å². The van der Waals surface area contributed by atoms with Crippen LogP contribution in [0.15, 0.2) is 60.7 Å². The highest BCUT2D eigenvalue weighted by Crippen LogP contribution is 2.21. The van der Waals surface area contributed by atoms with Crippen molar-refractivity contribution in [2.45, 2.75) is 74.8 Å². The highest BCUT2D eigenvalue weighted by Gasteiger charge is 2.40. The van der Waals surface area contributed by atoms with Crippen molar-refractivity contribution >= 4 is 29.7 Å². The number of likely N-dealkylation sites (tertiary alicyclic amines) is 1. The molecule has 3 amide bonds. The Kier molecular flexibility index (Phi) is 16.4. The molecule has 1 saturated heterocycles. The molecule has 1 aliphatic rings. The molecule has 0 saturated carbocycles. The Hall–Kier alpha value is -4.98. The number of carboxylic acid groups (broad SMARTS) is 2. The molecule has 0 radical (unpaired) electrons. The van der Waals surface area contributed by atoms with Crippen LogP contribution in [-0.2, 0) is 30.4 Å². The third-order valence-corrected chi connectivity index (χ3v) is 7.78. The lowest BCUT2D eigenvalue weighted by Gasteiger charge is -2.38. The van der Waals surface area contributed by atoms with Gasteiger partial charge in [0.1, 0.15) is 17.6 Å². The van der Waals surface area contributed by atoms with Gasteiger partial charge in [0, 0.05) is 25.1 Å². The highest BCUT2D eigenvalue weighted by molar-refractivity contribution is 5.93. The largest absolute Gasteiger partial charge is 0.490 e. The van der Waals surface area contributed by atoms with Crippen LogP contribution in [0.4, 0.5) is 13.2 Å². The fourth-order valence-electron chi connectivity index (χ4n) is 4.81. The van der Waals surface area contributed by atoms with Crippen molar-refractivity contribution in [2.75, 3.05) is 19.6 Å². The lowest BCUT2D eigenvalue weighted by molar-refractivity contribution is -0.192. The molecule has 2 aromatic carbocycles. The smallest absolute Gasteiger partial charge is 0.480 e. The molecule has 3 unspecified atom stereocenters. The van der Waals surface area contributed by atoms with Crippen molar-refractivity contribution in [3.05, 3.63) is 71.8 Å². The molecular formula is C34H43F3N6O7. The van der Waals surface area contributed by atoms with Crippen LogP contribution in [-0.4, -0.2) is 94.2 Å². The summed E-state index contributed by atoms with van der Waals surface area (Å²) >= 11 is 0. The summed E-state index contributed by atoms with van der Waals surface area (Å²) in [5.41, 5.74) is 18.1. The number of benzene rings is 2. The zero-order valence-electron chi connectivity index (χ0n) is 27.3. The van der Waals surface area contributed by atoms with Crippen LogP contribution in [0.2, 0.25) is 0 Å². The van der Waals surface area contributed by atoms with Crippen LogP contribution >= 0.6 is 0 Å². The third kappa shape index (κ3) is 13.9. The Labute approximate surface area is 287 Å². The minimum atomic E-state index is -5.08. The van der Waals surface area contributed by atoms with Crippen molar-refractivity contribution in [3.8, 4) is 11.8 Å². The average Bonchev–Trinajstić information content (AvgIpc) is 3.08. The Balaban J connectivity index is 0.00000112. The second-order valence-corrected chi connectivity index (χ2v) is 11.7. The number of aliphatic carboxylic acids is 2. The number of carbonyl (C=O) groups is 5. The van der Waals surface area contributed by atoms with Gasteiger partial charge in [-0.2, -0.15) is 13.2 Å². The minimum Gasteiger partial charge on any atom is -0.480 e. The van der Waals surface area contributed by atoms with E-state index in [-0.39, 0.29) is 44.7 Å². The number of alkyl halides is 3. The van der Waals surface area contributed by atoms with Crippen LogP contribution < -0.4 is 27.8 Å². The molecule has 0 aliphatic carbocycles. The van der Waals surface area contributed by atoms with Gasteiger partial charge in [-0.25, -0.2) is 4.79 Å². The number of unbranched alkanes of at least 4 members (excludes halogenated alkanes) is 1. The molecular weight excluding hydrogens is 661 g/mol. The van der Waals surface area contributed by atoms with E-state index in [2.05, 4.69) is 22.5 Å². The molecule has 0 bridgehead atoms. The van der Waals surface area contributed by atoms with Crippen molar-refractivity contribution in [2.24, 2.45) is 17.2 Å². The van der Waals surface area contributed by atoms with Crippen molar-refractivity contribution < 1.29 is 47.4 Å². The third-order valence-electron chi connectivity index (χ3n) is 7.78. The predicted octanol–water partition coefficient (Wildman–Crippen LogP) is 1.13. The van der Waals surface area contributed by atoms with Gasteiger partial charge in [0.05, 0.1) is 6.04 Å². The van der Waals surface area contributed by atoms with Crippen LogP contribution in [0.3, 0.4) is 0 Å². The fourth-order valence-corrected chi connectivity index (χ4v) is 4.81. The molecule has 16 heteroatoms. The summed E-state index contributed by atoms with van der Waals surface area (Å²) in [5.74, 6) is 0.690. The number of amides is 3. The maximum absolute atomic E-state index is 13.6. The number of hydrogen-bond donors (Lipinski definition) is 7. The number of halogens is 3. The molecule has 1 aliphatic heterocycles. The van der Waals surface area contributed by atoms with E-state index in [1.165, 1.54) is 4.90 Å². The monoisotopic (exact) mass is 704 g/mol. The van der Waals surface area contributed by atoms with E-state index < -0.39 is 53.6 Å². The number of rotatable bonds is 13. The van der Waals surface area contributed by atoms with Crippen LogP contribution in [0.5, 0.6) is 0 Å². The number of nitrogens with two attached hydrogens (primary N) is 3. The quantitative estimate of drug-likeness (QED) is 0.116. The Bertz CT molecular complexity index is 1490. The van der Waals surface area contributed by atoms with Crippen LogP contribution in [0, 0.1) is 11.8 Å². The summed E-state index contributed by atoms with van der Waals surface area (Å²) in [5, 5.41) is 22.1. The Morgan fingerprint density at radius 2 is 1.42 bits per heavy atom. The summed E-state index contributed by atoms with van der Waals surface area (Å²) in [6, 6.07) is 15.7. The van der Waals surface area contributed by atoms with Gasteiger partial charge in [-0.15, -0.1) is 0 Å². The standard InChI is InChI=1S/C32H42N6O5.C2HF3O2/c33-19-8-7-15-27(30(41)38-20-17-32(35,18-21-38)31(42)43)37-29(40)26(16-9-14-23-10-3-1-4-11-23)36-28(39)25(34)22-24-12-5-2-6-13-24;3-2(4,5)1(6)7/h1-6,10-13,25-27H,7-8,15-22,33-35H2,(H,36,39)(H,37,40)(H,42,43);(H,6,7). The van der Waals surface area contributed by atoms with E-state index in [1.807, 2.05) is 60.7 Å². The number of carbonyl (C=O) groups excluding carboxylic acids is 3. The number of carboxylic acids is 2. The zero-order valence-corrected chi connectivity index (χ0v) is 27.3.